The smallest absolute Gasteiger partial charge is 0.0248 e. The Bertz CT molecular complexity index is 731. The van der Waals surface area contributed by atoms with Crippen LogP contribution < -0.4 is 0 Å². The molecule has 0 saturated heterocycles. The minimum absolute atomic E-state index is 0.721. The average molecular weight is 343 g/mol. The van der Waals surface area contributed by atoms with Crippen molar-refractivity contribution in [2.75, 3.05) is 0 Å². The SMILES string of the molecule is C[C@@H](CCc1ccccc1)C(CCc1ccccc1)Cc1ccccc1. The third-order valence-corrected chi connectivity index (χ3v) is 5.52. The van der Waals surface area contributed by atoms with E-state index in [2.05, 4.69) is 97.9 Å². The summed E-state index contributed by atoms with van der Waals surface area (Å²) in [6, 6.07) is 32.8. The van der Waals surface area contributed by atoms with E-state index in [4.69, 9.17) is 0 Å². The van der Waals surface area contributed by atoms with E-state index in [1.54, 1.807) is 0 Å². The Morgan fingerprint density at radius 1 is 0.538 bits per heavy atom. The minimum atomic E-state index is 0.721. The van der Waals surface area contributed by atoms with Gasteiger partial charge < -0.3 is 0 Å². The van der Waals surface area contributed by atoms with Crippen LogP contribution in [0, 0.1) is 11.8 Å². The van der Waals surface area contributed by atoms with Gasteiger partial charge in [-0.2, -0.15) is 0 Å². The molecule has 0 amide bonds. The van der Waals surface area contributed by atoms with Gasteiger partial charge in [-0.25, -0.2) is 0 Å². The third-order valence-electron chi connectivity index (χ3n) is 5.52. The van der Waals surface area contributed by atoms with Crippen LogP contribution in [0.4, 0.5) is 0 Å². The highest BCUT2D eigenvalue weighted by Gasteiger charge is 2.18. The van der Waals surface area contributed by atoms with Gasteiger partial charge in [-0.1, -0.05) is 97.9 Å². The first-order chi connectivity index (χ1) is 12.8. The lowest BCUT2D eigenvalue weighted by Crippen LogP contribution is -2.17. The number of hydrogen-bond acceptors (Lipinski definition) is 0. The van der Waals surface area contributed by atoms with Gasteiger partial charge in [0.2, 0.25) is 0 Å². The van der Waals surface area contributed by atoms with Gasteiger partial charge in [-0.15, -0.1) is 0 Å². The lowest BCUT2D eigenvalue weighted by molar-refractivity contribution is 0.316. The zero-order chi connectivity index (χ0) is 18.0. The Hall–Kier alpha value is -2.34. The lowest BCUT2D eigenvalue weighted by atomic mass is 9.81. The van der Waals surface area contributed by atoms with E-state index in [9.17, 15) is 0 Å². The molecule has 0 nitrogen and oxygen atoms in total. The third kappa shape index (κ3) is 5.88. The summed E-state index contributed by atoms with van der Waals surface area (Å²) < 4.78 is 0. The predicted octanol–water partition coefficient (Wildman–Crippen LogP) is 6.75. The Balaban J connectivity index is 1.62. The maximum Gasteiger partial charge on any atom is -0.0248 e. The number of hydrogen-bond donors (Lipinski definition) is 0. The summed E-state index contributed by atoms with van der Waals surface area (Å²) in [6.45, 7) is 2.45. The highest BCUT2D eigenvalue weighted by Crippen LogP contribution is 2.27. The molecule has 0 heteroatoms. The molecule has 0 bridgehead atoms. The van der Waals surface area contributed by atoms with E-state index in [0.29, 0.717) is 0 Å². The largest absolute Gasteiger partial charge is 0.0622 e. The van der Waals surface area contributed by atoms with E-state index < -0.39 is 0 Å². The Labute approximate surface area is 158 Å². The summed E-state index contributed by atoms with van der Waals surface area (Å²) in [7, 11) is 0. The van der Waals surface area contributed by atoms with Crippen molar-refractivity contribution in [2.45, 2.75) is 39.0 Å². The normalized spacial score (nSPS) is 13.3. The fourth-order valence-corrected chi connectivity index (χ4v) is 3.78. The predicted molar refractivity (Wildman–Crippen MR) is 112 cm³/mol. The van der Waals surface area contributed by atoms with Crippen LogP contribution in [0.1, 0.15) is 36.5 Å². The second-order valence-corrected chi connectivity index (χ2v) is 7.48. The van der Waals surface area contributed by atoms with Gasteiger partial charge in [-0.05, 0) is 60.6 Å². The molecule has 26 heavy (non-hydrogen) atoms. The minimum Gasteiger partial charge on any atom is -0.0622 e. The zero-order valence-corrected chi connectivity index (χ0v) is 15.9. The van der Waals surface area contributed by atoms with Gasteiger partial charge in [0.25, 0.3) is 0 Å². The van der Waals surface area contributed by atoms with Crippen molar-refractivity contribution >= 4 is 0 Å². The molecule has 0 N–H and O–H groups in total. The Morgan fingerprint density at radius 3 is 1.46 bits per heavy atom. The first kappa shape index (κ1) is 18.5. The second-order valence-electron chi connectivity index (χ2n) is 7.48. The molecule has 134 valence electrons. The second kappa shape index (κ2) is 9.97. The first-order valence-electron chi connectivity index (χ1n) is 9.93. The summed E-state index contributed by atoms with van der Waals surface area (Å²) in [6.07, 6.45) is 6.06. The van der Waals surface area contributed by atoms with Gasteiger partial charge in [0.1, 0.15) is 0 Å². The molecule has 3 rings (SSSR count). The fourth-order valence-electron chi connectivity index (χ4n) is 3.78. The maximum absolute atomic E-state index is 2.45. The van der Waals surface area contributed by atoms with Gasteiger partial charge in [0.05, 0.1) is 0 Å². The lowest BCUT2D eigenvalue weighted by Gasteiger charge is -2.24. The van der Waals surface area contributed by atoms with Crippen molar-refractivity contribution < 1.29 is 0 Å². The molecule has 0 aliphatic rings. The van der Waals surface area contributed by atoms with Crippen molar-refractivity contribution in [1.29, 1.82) is 0 Å². The van der Waals surface area contributed by atoms with E-state index >= 15 is 0 Å². The highest BCUT2D eigenvalue weighted by atomic mass is 14.2. The van der Waals surface area contributed by atoms with E-state index in [0.717, 1.165) is 11.8 Å². The summed E-state index contributed by atoms with van der Waals surface area (Å²) in [5.41, 5.74) is 4.39. The van der Waals surface area contributed by atoms with Crippen molar-refractivity contribution in [2.24, 2.45) is 11.8 Å². The molecule has 0 heterocycles. The van der Waals surface area contributed by atoms with Gasteiger partial charge >= 0.3 is 0 Å². The topological polar surface area (TPSA) is 0 Å². The molecule has 0 aliphatic heterocycles. The van der Waals surface area contributed by atoms with E-state index in [1.165, 1.54) is 48.8 Å². The van der Waals surface area contributed by atoms with Crippen molar-refractivity contribution in [1.82, 2.24) is 0 Å². The maximum atomic E-state index is 2.45. The molecule has 0 aromatic heterocycles. The highest BCUT2D eigenvalue weighted by molar-refractivity contribution is 5.18. The summed E-state index contributed by atoms with van der Waals surface area (Å²) >= 11 is 0. The van der Waals surface area contributed by atoms with Crippen LogP contribution in [-0.2, 0) is 19.3 Å². The Kier molecular flexibility index (Phi) is 7.07. The molecule has 0 saturated carbocycles. The number of aryl methyl sites for hydroxylation is 2. The molecule has 3 aromatic rings. The number of rotatable bonds is 9. The molecule has 3 aromatic carbocycles. The zero-order valence-electron chi connectivity index (χ0n) is 15.9. The van der Waals surface area contributed by atoms with E-state index in [-0.39, 0.29) is 0 Å². The molecule has 1 unspecified atom stereocenters. The summed E-state index contributed by atoms with van der Waals surface area (Å²) in [4.78, 5) is 0. The number of benzene rings is 3. The van der Waals surface area contributed by atoms with Crippen LogP contribution >= 0.6 is 0 Å². The molecular formula is C26H30. The van der Waals surface area contributed by atoms with Crippen LogP contribution in [0.2, 0.25) is 0 Å². The quantitative estimate of drug-likeness (QED) is 0.403. The Morgan fingerprint density at radius 2 is 0.962 bits per heavy atom. The van der Waals surface area contributed by atoms with Crippen molar-refractivity contribution in [3.63, 3.8) is 0 Å². The molecular weight excluding hydrogens is 312 g/mol. The molecule has 0 aliphatic carbocycles. The van der Waals surface area contributed by atoms with Crippen molar-refractivity contribution in [3.8, 4) is 0 Å². The monoisotopic (exact) mass is 342 g/mol. The van der Waals surface area contributed by atoms with Gasteiger partial charge in [0, 0.05) is 0 Å². The van der Waals surface area contributed by atoms with Crippen LogP contribution in [0.3, 0.4) is 0 Å². The van der Waals surface area contributed by atoms with Gasteiger partial charge in [0.15, 0.2) is 0 Å². The molecule has 0 spiro atoms. The first-order valence-corrected chi connectivity index (χ1v) is 9.93. The van der Waals surface area contributed by atoms with E-state index in [1.807, 2.05) is 0 Å². The van der Waals surface area contributed by atoms with Crippen molar-refractivity contribution in [3.05, 3.63) is 108 Å². The molecule has 0 radical (unpaired) electrons. The summed E-state index contributed by atoms with van der Waals surface area (Å²) in [5, 5.41) is 0. The van der Waals surface area contributed by atoms with Crippen LogP contribution in [0.15, 0.2) is 91.0 Å². The van der Waals surface area contributed by atoms with Crippen LogP contribution in [-0.4, -0.2) is 0 Å². The fraction of sp³-hybridized carbons (Fsp3) is 0.308. The van der Waals surface area contributed by atoms with Crippen LogP contribution in [0.5, 0.6) is 0 Å². The van der Waals surface area contributed by atoms with Gasteiger partial charge in [-0.3, -0.25) is 0 Å². The summed E-state index contributed by atoms with van der Waals surface area (Å²) in [5.74, 6) is 1.44. The molecule has 2 atom stereocenters. The molecule has 0 fully saturated rings. The standard InChI is InChI=1S/C26H30/c1-22(17-18-23-11-5-2-6-12-23)26(21-25-15-9-4-10-16-25)20-19-24-13-7-3-8-14-24/h2-16,22,26H,17-21H2,1H3/t22-,26?/m0/s1. The average Bonchev–Trinajstić information content (AvgIpc) is 2.71. The van der Waals surface area contributed by atoms with Crippen LogP contribution in [0.25, 0.3) is 0 Å².